The maximum absolute atomic E-state index is 11.7. The Morgan fingerprint density at radius 1 is 0.571 bits per heavy atom. The topological polar surface area (TPSA) is 34.1 Å². The van der Waals surface area contributed by atoms with Crippen molar-refractivity contribution in [1.29, 1.82) is 0 Å². The largest absolute Gasteiger partial charge is 0.300 e. The van der Waals surface area contributed by atoms with Gasteiger partial charge in [0.2, 0.25) is 0 Å². The van der Waals surface area contributed by atoms with Crippen molar-refractivity contribution in [1.82, 2.24) is 0 Å². The molecule has 0 atom stereocenters. The van der Waals surface area contributed by atoms with E-state index in [1.165, 1.54) is 12.8 Å². The normalized spacial score (nSPS) is 11.3. The number of hydrogen-bond donors (Lipinski definition) is 0. The van der Waals surface area contributed by atoms with Gasteiger partial charge >= 0.3 is 0 Å². The Hall–Kier alpha value is -0.660. The van der Waals surface area contributed by atoms with E-state index in [1.54, 1.807) is 0 Å². The van der Waals surface area contributed by atoms with Crippen LogP contribution in [0.2, 0.25) is 0 Å². The predicted octanol–water partition coefficient (Wildman–Crippen LogP) is 5.73. The van der Waals surface area contributed by atoms with E-state index in [0.717, 1.165) is 43.9 Å². The molecule has 0 saturated carbocycles. The molecule has 0 unspecified atom stereocenters. The molecule has 0 amide bonds. The lowest BCUT2D eigenvalue weighted by molar-refractivity contribution is -0.120. The minimum absolute atomic E-state index is 0.339. The summed E-state index contributed by atoms with van der Waals surface area (Å²) < 4.78 is 0. The van der Waals surface area contributed by atoms with Crippen LogP contribution in [0.4, 0.5) is 0 Å². The van der Waals surface area contributed by atoms with Crippen molar-refractivity contribution in [3.63, 3.8) is 0 Å². The number of hydrogen-bond acceptors (Lipinski definition) is 2. The first-order chi connectivity index (χ1) is 9.91. The molecule has 21 heavy (non-hydrogen) atoms. The van der Waals surface area contributed by atoms with Crippen molar-refractivity contribution in [3.05, 3.63) is 0 Å². The van der Waals surface area contributed by atoms with Gasteiger partial charge in [-0.2, -0.15) is 0 Å². The van der Waals surface area contributed by atoms with Gasteiger partial charge in [0.05, 0.1) is 0 Å². The van der Waals surface area contributed by atoms with E-state index in [0.29, 0.717) is 37.2 Å². The number of carbonyl (C=O) groups is 2. The molecular formula is C19H36O2. The summed E-state index contributed by atoms with van der Waals surface area (Å²) >= 11 is 0. The number of unbranched alkanes of at least 4 members (excludes halogenated alkanes) is 2. The lowest BCUT2D eigenvalue weighted by Crippen LogP contribution is -2.02. The minimum Gasteiger partial charge on any atom is -0.300 e. The van der Waals surface area contributed by atoms with Crippen LogP contribution < -0.4 is 0 Å². The van der Waals surface area contributed by atoms with Crippen LogP contribution in [-0.4, -0.2) is 11.6 Å². The molecule has 2 heteroatoms. The Balaban J connectivity index is 3.43. The van der Waals surface area contributed by atoms with Crippen molar-refractivity contribution in [2.45, 2.75) is 98.3 Å². The summed E-state index contributed by atoms with van der Waals surface area (Å²) in [4.78, 5) is 23.4. The fourth-order valence-corrected chi connectivity index (χ4v) is 2.48. The molecule has 2 nitrogen and oxygen atoms in total. The Morgan fingerprint density at radius 2 is 0.905 bits per heavy atom. The Bertz CT molecular complexity index is 251. The van der Waals surface area contributed by atoms with Crippen molar-refractivity contribution < 1.29 is 9.59 Å². The molecule has 0 bridgehead atoms. The summed E-state index contributed by atoms with van der Waals surface area (Å²) in [6, 6.07) is 0. The summed E-state index contributed by atoms with van der Waals surface area (Å²) in [5, 5.41) is 0. The van der Waals surface area contributed by atoms with E-state index < -0.39 is 0 Å². The molecule has 0 aliphatic heterocycles. The summed E-state index contributed by atoms with van der Waals surface area (Å²) in [5.74, 6) is 2.14. The van der Waals surface area contributed by atoms with Gasteiger partial charge < -0.3 is 0 Å². The summed E-state index contributed by atoms with van der Waals surface area (Å²) in [5.41, 5.74) is 0. The van der Waals surface area contributed by atoms with Crippen molar-refractivity contribution in [3.8, 4) is 0 Å². The summed E-state index contributed by atoms with van der Waals surface area (Å²) in [7, 11) is 0. The second kappa shape index (κ2) is 13.0. The molecule has 0 aromatic heterocycles. The van der Waals surface area contributed by atoms with Crippen LogP contribution in [0.15, 0.2) is 0 Å². The molecule has 0 spiro atoms. The maximum Gasteiger partial charge on any atom is 0.132 e. The zero-order chi connectivity index (χ0) is 16.1. The van der Waals surface area contributed by atoms with Crippen LogP contribution in [0.5, 0.6) is 0 Å². The molecule has 0 fully saturated rings. The molecule has 0 heterocycles. The van der Waals surface area contributed by atoms with Gasteiger partial charge in [-0.25, -0.2) is 0 Å². The molecule has 0 N–H and O–H groups in total. The second-order valence-corrected chi connectivity index (χ2v) is 7.21. The first kappa shape index (κ1) is 20.3. The van der Waals surface area contributed by atoms with Crippen molar-refractivity contribution in [2.75, 3.05) is 0 Å². The molecule has 124 valence electrons. The summed E-state index contributed by atoms with van der Waals surface area (Å²) in [6.45, 7) is 8.87. The van der Waals surface area contributed by atoms with E-state index in [9.17, 15) is 9.59 Å². The molecule has 0 aliphatic rings. The first-order valence-electron chi connectivity index (χ1n) is 8.95. The van der Waals surface area contributed by atoms with Gasteiger partial charge in [-0.1, -0.05) is 53.4 Å². The van der Waals surface area contributed by atoms with Gasteiger partial charge in [-0.05, 0) is 31.1 Å². The van der Waals surface area contributed by atoms with Gasteiger partial charge in [0.1, 0.15) is 11.6 Å². The molecule has 0 radical (unpaired) electrons. The van der Waals surface area contributed by atoms with Crippen LogP contribution in [-0.2, 0) is 9.59 Å². The van der Waals surface area contributed by atoms with E-state index >= 15 is 0 Å². The third-order valence-electron chi connectivity index (χ3n) is 3.89. The van der Waals surface area contributed by atoms with Crippen molar-refractivity contribution >= 4 is 11.6 Å². The van der Waals surface area contributed by atoms with E-state index in [4.69, 9.17) is 0 Å². The SMILES string of the molecule is CC(C)CCCCC(=O)CCCC(=O)CCCCC(C)C. The van der Waals surface area contributed by atoms with Gasteiger partial charge in [0, 0.05) is 25.7 Å². The average Bonchev–Trinajstić information content (AvgIpc) is 2.39. The average molecular weight is 296 g/mol. The number of ketones is 2. The minimum atomic E-state index is 0.339. The monoisotopic (exact) mass is 296 g/mol. The van der Waals surface area contributed by atoms with Crippen molar-refractivity contribution in [2.24, 2.45) is 11.8 Å². The number of Topliss-reactive ketones (excluding diaryl/α,β-unsaturated/α-hetero) is 2. The quantitative estimate of drug-likeness (QED) is 0.384. The third kappa shape index (κ3) is 15.5. The van der Waals surface area contributed by atoms with Crippen LogP contribution in [0.1, 0.15) is 98.3 Å². The fraction of sp³-hybridized carbons (Fsp3) is 0.895. The number of carbonyl (C=O) groups excluding carboxylic acids is 2. The molecule has 0 rings (SSSR count). The van der Waals surface area contributed by atoms with E-state index in [1.807, 2.05) is 0 Å². The van der Waals surface area contributed by atoms with Gasteiger partial charge in [0.15, 0.2) is 0 Å². The third-order valence-corrected chi connectivity index (χ3v) is 3.89. The molecular weight excluding hydrogens is 260 g/mol. The lowest BCUT2D eigenvalue weighted by Gasteiger charge is -2.05. The standard InChI is InChI=1S/C19H36O2/c1-16(2)10-5-7-12-18(20)14-9-15-19(21)13-8-6-11-17(3)4/h16-17H,5-15H2,1-4H3. The highest BCUT2D eigenvalue weighted by molar-refractivity contribution is 5.81. The molecule has 0 saturated heterocycles. The van der Waals surface area contributed by atoms with Gasteiger partial charge in [-0.15, -0.1) is 0 Å². The highest BCUT2D eigenvalue weighted by Crippen LogP contribution is 2.12. The van der Waals surface area contributed by atoms with Crippen LogP contribution in [0, 0.1) is 11.8 Å². The zero-order valence-electron chi connectivity index (χ0n) is 14.7. The maximum atomic E-state index is 11.7. The Kier molecular flexibility index (Phi) is 12.6. The van der Waals surface area contributed by atoms with E-state index in [-0.39, 0.29) is 0 Å². The Labute approximate surface area is 132 Å². The lowest BCUT2D eigenvalue weighted by atomic mass is 10.0. The molecule has 0 aliphatic carbocycles. The first-order valence-corrected chi connectivity index (χ1v) is 8.95. The molecule has 0 aromatic rings. The zero-order valence-corrected chi connectivity index (χ0v) is 14.7. The highest BCUT2D eigenvalue weighted by atomic mass is 16.1. The molecule has 0 aromatic carbocycles. The fourth-order valence-electron chi connectivity index (χ4n) is 2.48. The second-order valence-electron chi connectivity index (χ2n) is 7.21. The summed E-state index contributed by atoms with van der Waals surface area (Å²) in [6.07, 6.45) is 10.1. The van der Waals surface area contributed by atoms with Crippen LogP contribution in [0.25, 0.3) is 0 Å². The van der Waals surface area contributed by atoms with Gasteiger partial charge in [0.25, 0.3) is 0 Å². The Morgan fingerprint density at radius 3 is 1.24 bits per heavy atom. The highest BCUT2D eigenvalue weighted by Gasteiger charge is 2.06. The number of rotatable bonds is 14. The van der Waals surface area contributed by atoms with Crippen LogP contribution in [0.3, 0.4) is 0 Å². The van der Waals surface area contributed by atoms with E-state index in [2.05, 4.69) is 27.7 Å². The smallest absolute Gasteiger partial charge is 0.132 e. The van der Waals surface area contributed by atoms with Crippen LogP contribution >= 0.6 is 0 Å². The van der Waals surface area contributed by atoms with Gasteiger partial charge in [-0.3, -0.25) is 9.59 Å². The predicted molar refractivity (Wildman–Crippen MR) is 90.5 cm³/mol.